The molecule has 2 aromatic rings. The van der Waals surface area contributed by atoms with Crippen molar-refractivity contribution in [1.82, 2.24) is 9.97 Å². The van der Waals surface area contributed by atoms with E-state index in [0.717, 1.165) is 16.7 Å². The van der Waals surface area contributed by atoms with Crippen LogP contribution in [-0.4, -0.2) is 21.2 Å². The number of carboxylic acid groups (broad SMARTS) is 1. The fourth-order valence-electron chi connectivity index (χ4n) is 1.63. The predicted octanol–water partition coefficient (Wildman–Crippen LogP) is 0.748. The van der Waals surface area contributed by atoms with E-state index in [1.54, 1.807) is 30.3 Å². The summed E-state index contributed by atoms with van der Waals surface area (Å²) in [5.74, 6) is 0. The van der Waals surface area contributed by atoms with Gasteiger partial charge in [0.05, 0.1) is 6.54 Å². The Labute approximate surface area is 107 Å². The molecule has 1 heterocycles. The number of nitrogens with zero attached hydrogens (tertiary/aromatic N) is 1. The molecule has 1 amide bonds. The van der Waals surface area contributed by atoms with Crippen molar-refractivity contribution in [3.05, 3.63) is 62.9 Å². The topological polar surface area (TPSA) is 106 Å². The van der Waals surface area contributed by atoms with Crippen molar-refractivity contribution < 1.29 is 9.90 Å². The number of anilines is 1. The summed E-state index contributed by atoms with van der Waals surface area (Å²) in [4.78, 5) is 38.8. The van der Waals surface area contributed by atoms with Gasteiger partial charge in [0.2, 0.25) is 0 Å². The number of nitrogens with one attached hydrogen (secondary N) is 2. The third-order valence-corrected chi connectivity index (χ3v) is 2.50. The number of H-pyrrole nitrogens is 2. The number of hydrogen-bond donors (Lipinski definition) is 3. The number of hydrogen-bond acceptors (Lipinski definition) is 3. The Morgan fingerprint density at radius 3 is 2.47 bits per heavy atom. The maximum Gasteiger partial charge on any atom is 0.412 e. The van der Waals surface area contributed by atoms with Gasteiger partial charge < -0.3 is 10.1 Å². The van der Waals surface area contributed by atoms with Crippen LogP contribution >= 0.6 is 0 Å². The number of amides is 1. The van der Waals surface area contributed by atoms with Crippen LogP contribution in [0.2, 0.25) is 0 Å². The lowest BCUT2D eigenvalue weighted by molar-refractivity contribution is 0.201. The molecule has 0 unspecified atom stereocenters. The van der Waals surface area contributed by atoms with E-state index in [4.69, 9.17) is 5.11 Å². The van der Waals surface area contributed by atoms with E-state index in [1.807, 2.05) is 4.98 Å². The monoisotopic (exact) mass is 261 g/mol. The van der Waals surface area contributed by atoms with Gasteiger partial charge in [-0.15, -0.1) is 0 Å². The smallest absolute Gasteiger partial charge is 0.412 e. The molecule has 0 atom stereocenters. The molecule has 0 aliphatic heterocycles. The van der Waals surface area contributed by atoms with E-state index in [-0.39, 0.29) is 12.2 Å². The van der Waals surface area contributed by atoms with Gasteiger partial charge in [-0.2, -0.15) is 0 Å². The minimum atomic E-state index is -1.28. The average molecular weight is 261 g/mol. The van der Waals surface area contributed by atoms with Crippen molar-refractivity contribution in [1.29, 1.82) is 0 Å². The highest BCUT2D eigenvalue weighted by Gasteiger charge is 2.18. The maximum atomic E-state index is 11.6. The average Bonchev–Trinajstić information content (AvgIpc) is 2.38. The maximum absolute atomic E-state index is 11.6. The second-order valence-electron chi connectivity index (χ2n) is 3.81. The molecule has 1 aromatic carbocycles. The number of aromatic amines is 2. The molecule has 1 aromatic heterocycles. The lowest BCUT2D eigenvalue weighted by atomic mass is 10.2. The zero-order chi connectivity index (χ0) is 13.8. The Morgan fingerprint density at radius 1 is 1.21 bits per heavy atom. The van der Waals surface area contributed by atoms with E-state index in [0.29, 0.717) is 0 Å². The van der Waals surface area contributed by atoms with Crippen molar-refractivity contribution in [2.75, 3.05) is 4.90 Å². The summed E-state index contributed by atoms with van der Waals surface area (Å²) < 4.78 is 0. The molecule has 7 heteroatoms. The first kappa shape index (κ1) is 12.6. The molecule has 0 saturated carbocycles. The molecule has 0 fully saturated rings. The highest BCUT2D eigenvalue weighted by atomic mass is 16.4. The van der Waals surface area contributed by atoms with Crippen LogP contribution in [0, 0.1) is 0 Å². The van der Waals surface area contributed by atoms with Gasteiger partial charge in [0.25, 0.3) is 5.56 Å². The highest BCUT2D eigenvalue weighted by molar-refractivity contribution is 5.85. The SMILES string of the molecule is O=C(O)N(Cc1ccccc1)c1c[nH]c(=O)[nH]c1=O. The molecule has 0 aliphatic carbocycles. The third-order valence-electron chi connectivity index (χ3n) is 2.50. The van der Waals surface area contributed by atoms with Gasteiger partial charge >= 0.3 is 11.8 Å². The summed E-state index contributed by atoms with van der Waals surface area (Å²) in [6.45, 7) is 0.0191. The van der Waals surface area contributed by atoms with Gasteiger partial charge in [0.1, 0.15) is 5.69 Å². The Kier molecular flexibility index (Phi) is 3.46. The summed E-state index contributed by atoms with van der Waals surface area (Å²) in [5, 5.41) is 9.16. The van der Waals surface area contributed by atoms with Crippen molar-refractivity contribution >= 4 is 11.8 Å². The first-order valence-corrected chi connectivity index (χ1v) is 5.44. The lowest BCUT2D eigenvalue weighted by Gasteiger charge is -2.17. The first-order valence-electron chi connectivity index (χ1n) is 5.44. The molecular formula is C12H11N3O4. The quantitative estimate of drug-likeness (QED) is 0.757. The number of aromatic nitrogens is 2. The van der Waals surface area contributed by atoms with E-state index in [2.05, 4.69) is 4.98 Å². The van der Waals surface area contributed by atoms with Crippen LogP contribution in [0.5, 0.6) is 0 Å². The summed E-state index contributed by atoms with van der Waals surface area (Å²) >= 11 is 0. The molecule has 0 radical (unpaired) electrons. The van der Waals surface area contributed by atoms with Crippen LogP contribution in [0.1, 0.15) is 5.56 Å². The van der Waals surface area contributed by atoms with Gasteiger partial charge in [-0.05, 0) is 5.56 Å². The molecular weight excluding hydrogens is 250 g/mol. The highest BCUT2D eigenvalue weighted by Crippen LogP contribution is 2.11. The Hall–Kier alpha value is -2.83. The fourth-order valence-corrected chi connectivity index (χ4v) is 1.63. The molecule has 19 heavy (non-hydrogen) atoms. The van der Waals surface area contributed by atoms with Crippen molar-refractivity contribution in [2.45, 2.75) is 6.54 Å². The molecule has 3 N–H and O–H groups in total. The largest absolute Gasteiger partial charge is 0.465 e. The van der Waals surface area contributed by atoms with Crippen molar-refractivity contribution in [2.24, 2.45) is 0 Å². The number of rotatable bonds is 3. The minimum absolute atomic E-state index is 0.0191. The predicted molar refractivity (Wildman–Crippen MR) is 68.3 cm³/mol. The standard InChI is InChI=1S/C12H11N3O4/c16-10-9(6-13-11(17)14-10)15(12(18)19)7-8-4-2-1-3-5-8/h1-6H,7H2,(H,18,19)(H2,13,14,16,17). The Balaban J connectivity index is 2.38. The van der Waals surface area contributed by atoms with Crippen LogP contribution < -0.4 is 16.1 Å². The Bertz CT molecular complexity index is 690. The molecule has 0 bridgehead atoms. The summed E-state index contributed by atoms with van der Waals surface area (Å²) in [7, 11) is 0. The number of benzene rings is 1. The second kappa shape index (κ2) is 5.21. The van der Waals surface area contributed by atoms with Crippen LogP contribution in [0.4, 0.5) is 10.5 Å². The third kappa shape index (κ3) is 2.89. The van der Waals surface area contributed by atoms with Crippen LogP contribution in [0.3, 0.4) is 0 Å². The van der Waals surface area contributed by atoms with Crippen molar-refractivity contribution in [3.8, 4) is 0 Å². The molecule has 7 nitrogen and oxygen atoms in total. The van der Waals surface area contributed by atoms with Gasteiger partial charge in [0.15, 0.2) is 0 Å². The van der Waals surface area contributed by atoms with E-state index < -0.39 is 17.3 Å². The van der Waals surface area contributed by atoms with Gasteiger partial charge in [-0.3, -0.25) is 14.7 Å². The zero-order valence-corrected chi connectivity index (χ0v) is 9.79. The zero-order valence-electron chi connectivity index (χ0n) is 9.79. The van der Waals surface area contributed by atoms with Crippen LogP contribution in [-0.2, 0) is 6.54 Å². The van der Waals surface area contributed by atoms with E-state index in [1.165, 1.54) is 0 Å². The van der Waals surface area contributed by atoms with Gasteiger partial charge in [0, 0.05) is 6.20 Å². The second-order valence-corrected chi connectivity index (χ2v) is 3.81. The minimum Gasteiger partial charge on any atom is -0.465 e. The first-order chi connectivity index (χ1) is 9.08. The number of carbonyl (C=O) groups is 1. The lowest BCUT2D eigenvalue weighted by Crippen LogP contribution is -2.35. The van der Waals surface area contributed by atoms with Crippen LogP contribution in [0.25, 0.3) is 0 Å². The molecule has 0 spiro atoms. The summed E-state index contributed by atoms with van der Waals surface area (Å²) in [5.41, 5.74) is -0.827. The normalized spacial score (nSPS) is 10.1. The van der Waals surface area contributed by atoms with Gasteiger partial charge in [-0.25, -0.2) is 9.59 Å². The molecule has 2 rings (SSSR count). The summed E-state index contributed by atoms with van der Waals surface area (Å²) in [6, 6.07) is 8.84. The van der Waals surface area contributed by atoms with Crippen LogP contribution in [0.15, 0.2) is 46.1 Å². The Morgan fingerprint density at radius 2 is 1.89 bits per heavy atom. The molecule has 98 valence electrons. The van der Waals surface area contributed by atoms with E-state index in [9.17, 15) is 14.4 Å². The van der Waals surface area contributed by atoms with E-state index >= 15 is 0 Å². The molecule has 0 saturated heterocycles. The van der Waals surface area contributed by atoms with Gasteiger partial charge in [-0.1, -0.05) is 30.3 Å². The fraction of sp³-hybridized carbons (Fsp3) is 0.0833. The van der Waals surface area contributed by atoms with Crippen molar-refractivity contribution in [3.63, 3.8) is 0 Å². The molecule has 0 aliphatic rings. The summed E-state index contributed by atoms with van der Waals surface area (Å²) in [6.07, 6.45) is -0.195.